The third-order valence-electron chi connectivity index (χ3n) is 3.92. The van der Waals surface area contributed by atoms with Crippen LogP contribution in [0.5, 0.6) is 5.75 Å². The van der Waals surface area contributed by atoms with Gasteiger partial charge in [0.1, 0.15) is 5.75 Å². The maximum Gasteiger partial charge on any atom is 0.278 e. The zero-order valence-electron chi connectivity index (χ0n) is 13.2. The number of benzene rings is 2. The van der Waals surface area contributed by atoms with Gasteiger partial charge in [-0.2, -0.15) is 0 Å². The Morgan fingerprint density at radius 2 is 2.16 bits per heavy atom. The molecular weight excluding hydrogens is 360 g/mol. The van der Waals surface area contributed by atoms with Crippen molar-refractivity contribution in [1.29, 1.82) is 0 Å². The van der Waals surface area contributed by atoms with Crippen molar-refractivity contribution in [2.24, 2.45) is 0 Å². The summed E-state index contributed by atoms with van der Waals surface area (Å²) in [7, 11) is 1.53. The first-order chi connectivity index (χ1) is 12.2. The van der Waals surface area contributed by atoms with Gasteiger partial charge in [0.25, 0.3) is 5.91 Å². The second kappa shape index (κ2) is 6.46. The predicted octanol–water partition coefficient (Wildman–Crippen LogP) is 4.86. The van der Waals surface area contributed by atoms with E-state index in [2.05, 4.69) is 10.5 Å². The Labute approximate surface area is 153 Å². The van der Waals surface area contributed by atoms with Gasteiger partial charge in [-0.25, -0.2) is 0 Å². The number of carbonyl (C=O) groups is 1. The minimum absolute atomic E-state index is 0.277. The van der Waals surface area contributed by atoms with Crippen LogP contribution >= 0.6 is 23.4 Å². The molecule has 3 aromatic rings. The van der Waals surface area contributed by atoms with Crippen LogP contribution in [0, 0.1) is 0 Å². The molecule has 1 aliphatic rings. The van der Waals surface area contributed by atoms with E-state index in [0.717, 1.165) is 16.0 Å². The molecule has 5 nitrogen and oxygen atoms in total. The summed E-state index contributed by atoms with van der Waals surface area (Å²) >= 11 is 7.67. The van der Waals surface area contributed by atoms with Crippen molar-refractivity contribution >= 4 is 35.0 Å². The lowest BCUT2D eigenvalue weighted by atomic mass is 10.1. The molecular formula is C18H13ClN2O3S. The summed E-state index contributed by atoms with van der Waals surface area (Å²) < 4.78 is 10.7. The van der Waals surface area contributed by atoms with Gasteiger partial charge in [0.05, 0.1) is 12.8 Å². The highest BCUT2D eigenvalue weighted by molar-refractivity contribution is 7.98. The van der Waals surface area contributed by atoms with Crippen LogP contribution in [-0.2, 0) is 5.75 Å². The molecule has 1 aromatic heterocycles. The molecule has 0 aliphatic carbocycles. The number of halogens is 1. The monoisotopic (exact) mass is 372 g/mol. The van der Waals surface area contributed by atoms with E-state index in [1.165, 1.54) is 7.11 Å². The third-order valence-corrected chi connectivity index (χ3v) is 5.25. The van der Waals surface area contributed by atoms with Crippen molar-refractivity contribution in [3.05, 3.63) is 58.7 Å². The Bertz CT molecular complexity index is 971. The molecule has 0 saturated heterocycles. The quantitative estimate of drug-likeness (QED) is 0.711. The van der Waals surface area contributed by atoms with E-state index >= 15 is 0 Å². The average Bonchev–Trinajstić information content (AvgIpc) is 3.06. The first-order valence-corrected chi connectivity index (χ1v) is 8.89. The Kier molecular flexibility index (Phi) is 4.15. The van der Waals surface area contributed by atoms with Gasteiger partial charge in [0.2, 0.25) is 0 Å². The molecule has 0 unspecified atom stereocenters. The summed E-state index contributed by atoms with van der Waals surface area (Å²) in [5.74, 6) is 1.45. The van der Waals surface area contributed by atoms with E-state index in [1.807, 2.05) is 24.3 Å². The highest BCUT2D eigenvalue weighted by Gasteiger charge is 2.28. The van der Waals surface area contributed by atoms with E-state index in [-0.39, 0.29) is 11.6 Å². The van der Waals surface area contributed by atoms with Gasteiger partial charge >= 0.3 is 0 Å². The molecule has 0 atom stereocenters. The maximum absolute atomic E-state index is 12.7. The fourth-order valence-corrected chi connectivity index (χ4v) is 3.95. The number of nitrogens with one attached hydrogen (secondary N) is 1. The zero-order chi connectivity index (χ0) is 17.4. The van der Waals surface area contributed by atoms with E-state index in [0.29, 0.717) is 28.0 Å². The number of rotatable bonds is 3. The average molecular weight is 373 g/mol. The number of anilines is 1. The van der Waals surface area contributed by atoms with Crippen molar-refractivity contribution in [3.8, 4) is 17.1 Å². The molecule has 2 heterocycles. The largest absolute Gasteiger partial charge is 0.495 e. The van der Waals surface area contributed by atoms with Crippen LogP contribution < -0.4 is 10.1 Å². The van der Waals surface area contributed by atoms with Crippen LogP contribution in [0.15, 0.2) is 51.9 Å². The number of nitrogens with zero attached hydrogens (tertiary/aromatic N) is 1. The number of hydrogen-bond acceptors (Lipinski definition) is 5. The number of amides is 1. The number of ether oxygens (including phenoxy) is 1. The van der Waals surface area contributed by atoms with Gasteiger partial charge in [0, 0.05) is 26.8 Å². The van der Waals surface area contributed by atoms with Crippen molar-refractivity contribution < 1.29 is 14.1 Å². The molecule has 1 amide bonds. The Balaban J connectivity index is 1.68. The molecule has 7 heteroatoms. The second-order valence-corrected chi connectivity index (χ2v) is 6.88. The lowest BCUT2D eigenvalue weighted by Crippen LogP contribution is -2.15. The molecule has 126 valence electrons. The summed E-state index contributed by atoms with van der Waals surface area (Å²) in [6.07, 6.45) is 0. The van der Waals surface area contributed by atoms with Crippen LogP contribution in [-0.4, -0.2) is 18.2 Å². The van der Waals surface area contributed by atoms with E-state index < -0.39 is 0 Å². The summed E-state index contributed by atoms with van der Waals surface area (Å²) in [5.41, 5.74) is 2.52. The Morgan fingerprint density at radius 1 is 1.32 bits per heavy atom. The standard InChI is InChI=1S/C18H13ClN2O3S/c1-23-14-7-6-10(19)8-13(14)20-18(22)16-12-9-25-15-5-3-2-4-11(15)17(12)24-21-16/h2-8H,9H2,1H3,(H,20,22). The number of carbonyl (C=O) groups excluding carboxylic acids is 1. The van der Waals surface area contributed by atoms with Gasteiger partial charge in [-0.1, -0.05) is 28.9 Å². The topological polar surface area (TPSA) is 64.4 Å². The molecule has 0 bridgehead atoms. The molecule has 0 saturated carbocycles. The lowest BCUT2D eigenvalue weighted by Gasteiger charge is -2.14. The summed E-state index contributed by atoms with van der Waals surface area (Å²) in [5, 5.41) is 7.30. The van der Waals surface area contributed by atoms with E-state index in [4.69, 9.17) is 20.9 Å². The molecule has 1 aliphatic heterocycles. The van der Waals surface area contributed by atoms with Crippen LogP contribution in [0.3, 0.4) is 0 Å². The Hall–Kier alpha value is -2.44. The molecule has 1 N–H and O–H groups in total. The van der Waals surface area contributed by atoms with Gasteiger partial charge in [0.15, 0.2) is 11.5 Å². The third kappa shape index (κ3) is 2.88. The van der Waals surface area contributed by atoms with Crippen LogP contribution in [0.4, 0.5) is 5.69 Å². The fraction of sp³-hybridized carbons (Fsp3) is 0.111. The molecule has 4 rings (SSSR count). The van der Waals surface area contributed by atoms with Gasteiger partial charge in [-0.05, 0) is 30.3 Å². The highest BCUT2D eigenvalue weighted by atomic mass is 35.5. The number of hydrogen-bond donors (Lipinski definition) is 1. The van der Waals surface area contributed by atoms with Crippen molar-refractivity contribution in [1.82, 2.24) is 5.16 Å². The zero-order valence-corrected chi connectivity index (χ0v) is 14.8. The normalized spacial score (nSPS) is 12.2. The fourth-order valence-electron chi connectivity index (χ4n) is 2.72. The lowest BCUT2D eigenvalue weighted by molar-refractivity contribution is 0.101. The smallest absolute Gasteiger partial charge is 0.278 e. The van der Waals surface area contributed by atoms with Gasteiger partial charge < -0.3 is 14.6 Å². The van der Waals surface area contributed by atoms with Crippen molar-refractivity contribution in [3.63, 3.8) is 0 Å². The van der Waals surface area contributed by atoms with Crippen molar-refractivity contribution in [2.75, 3.05) is 12.4 Å². The number of thioether (sulfide) groups is 1. The number of methoxy groups -OCH3 is 1. The van der Waals surface area contributed by atoms with Gasteiger partial charge in [-0.3, -0.25) is 4.79 Å². The Morgan fingerprint density at radius 3 is 3.00 bits per heavy atom. The summed E-state index contributed by atoms with van der Waals surface area (Å²) in [4.78, 5) is 13.8. The minimum atomic E-state index is -0.356. The summed E-state index contributed by atoms with van der Waals surface area (Å²) in [6.45, 7) is 0. The van der Waals surface area contributed by atoms with E-state index in [1.54, 1.807) is 30.0 Å². The molecule has 2 aromatic carbocycles. The number of fused-ring (bicyclic) bond motifs is 3. The predicted molar refractivity (Wildman–Crippen MR) is 97.5 cm³/mol. The SMILES string of the molecule is COc1ccc(Cl)cc1NC(=O)c1noc2c1CSc1ccccc1-2. The molecule has 0 fully saturated rings. The van der Waals surface area contributed by atoms with Crippen LogP contribution in [0.1, 0.15) is 16.1 Å². The van der Waals surface area contributed by atoms with Crippen molar-refractivity contribution in [2.45, 2.75) is 10.6 Å². The first-order valence-electron chi connectivity index (χ1n) is 7.53. The highest BCUT2D eigenvalue weighted by Crippen LogP contribution is 2.42. The van der Waals surface area contributed by atoms with Crippen LogP contribution in [0.25, 0.3) is 11.3 Å². The van der Waals surface area contributed by atoms with Gasteiger partial charge in [-0.15, -0.1) is 11.8 Å². The molecule has 0 radical (unpaired) electrons. The first kappa shape index (κ1) is 16.1. The number of aromatic nitrogens is 1. The van der Waals surface area contributed by atoms with E-state index in [9.17, 15) is 4.79 Å². The van der Waals surface area contributed by atoms with Crippen LogP contribution in [0.2, 0.25) is 5.02 Å². The second-order valence-electron chi connectivity index (χ2n) is 5.42. The summed E-state index contributed by atoms with van der Waals surface area (Å²) in [6, 6.07) is 12.9. The minimum Gasteiger partial charge on any atom is -0.495 e. The molecule has 0 spiro atoms. The maximum atomic E-state index is 12.7. The molecule has 25 heavy (non-hydrogen) atoms.